The Morgan fingerprint density at radius 2 is 1.96 bits per heavy atom. The Morgan fingerprint density at radius 1 is 1.29 bits per heavy atom. The zero-order chi connectivity index (χ0) is 17.9. The van der Waals surface area contributed by atoms with Crippen LogP contribution in [0, 0.1) is 6.92 Å². The highest BCUT2D eigenvalue weighted by Gasteiger charge is 2.27. The van der Waals surface area contributed by atoms with Crippen molar-refractivity contribution in [3.05, 3.63) is 28.3 Å². The Balaban J connectivity index is 1.91. The third-order valence-corrected chi connectivity index (χ3v) is 4.27. The molecule has 1 fully saturated rings. The SMILES string of the molecule is Cc1cc(OCC(=O)O[C@H](C)C(=O)NC2CC2)c(C(C)C)cc1Cl. The van der Waals surface area contributed by atoms with Crippen molar-refractivity contribution in [1.29, 1.82) is 0 Å². The molecule has 0 aliphatic heterocycles. The number of rotatable bonds is 7. The Labute approximate surface area is 147 Å². The normalized spacial score (nSPS) is 15.1. The molecule has 0 heterocycles. The minimum Gasteiger partial charge on any atom is -0.482 e. The quantitative estimate of drug-likeness (QED) is 0.763. The van der Waals surface area contributed by atoms with Gasteiger partial charge in [0.15, 0.2) is 12.7 Å². The molecule has 1 aromatic rings. The molecular formula is C18H24ClNO4. The van der Waals surface area contributed by atoms with Gasteiger partial charge >= 0.3 is 5.97 Å². The minimum atomic E-state index is -0.821. The third kappa shape index (κ3) is 5.13. The maximum absolute atomic E-state index is 11.9. The smallest absolute Gasteiger partial charge is 0.344 e. The van der Waals surface area contributed by atoms with E-state index in [0.29, 0.717) is 10.8 Å². The molecule has 1 aliphatic rings. The second-order valence-corrected chi connectivity index (χ2v) is 6.90. The summed E-state index contributed by atoms with van der Waals surface area (Å²) in [4.78, 5) is 23.7. The number of carbonyl (C=O) groups is 2. The summed E-state index contributed by atoms with van der Waals surface area (Å²) >= 11 is 6.15. The first-order chi connectivity index (χ1) is 11.3. The van der Waals surface area contributed by atoms with Crippen molar-refractivity contribution in [1.82, 2.24) is 5.32 Å². The van der Waals surface area contributed by atoms with Gasteiger partial charge in [0, 0.05) is 11.1 Å². The molecule has 1 atom stereocenters. The lowest BCUT2D eigenvalue weighted by Gasteiger charge is -2.17. The van der Waals surface area contributed by atoms with Crippen LogP contribution in [0.3, 0.4) is 0 Å². The van der Waals surface area contributed by atoms with Crippen molar-refractivity contribution in [3.8, 4) is 5.75 Å². The molecule has 0 unspecified atom stereocenters. The summed E-state index contributed by atoms with van der Waals surface area (Å²) in [6.07, 6.45) is 1.16. The highest BCUT2D eigenvalue weighted by atomic mass is 35.5. The lowest BCUT2D eigenvalue weighted by atomic mass is 10.0. The van der Waals surface area contributed by atoms with Gasteiger partial charge in [-0.25, -0.2) is 4.79 Å². The van der Waals surface area contributed by atoms with E-state index < -0.39 is 12.1 Å². The van der Waals surface area contributed by atoms with Gasteiger partial charge < -0.3 is 14.8 Å². The molecule has 0 saturated heterocycles. The van der Waals surface area contributed by atoms with Gasteiger partial charge in [0.05, 0.1) is 0 Å². The van der Waals surface area contributed by atoms with Crippen LogP contribution < -0.4 is 10.1 Å². The second kappa shape index (κ2) is 7.88. The van der Waals surface area contributed by atoms with Crippen LogP contribution in [0.25, 0.3) is 0 Å². The van der Waals surface area contributed by atoms with Crippen LogP contribution in [-0.4, -0.2) is 30.6 Å². The Morgan fingerprint density at radius 3 is 2.54 bits per heavy atom. The number of ether oxygens (including phenoxy) is 2. The van der Waals surface area contributed by atoms with E-state index in [0.717, 1.165) is 24.0 Å². The molecule has 0 radical (unpaired) electrons. The number of nitrogens with one attached hydrogen (secondary N) is 1. The summed E-state index contributed by atoms with van der Waals surface area (Å²) in [6.45, 7) is 7.23. The molecule has 1 aromatic carbocycles. The topological polar surface area (TPSA) is 64.6 Å². The molecule has 1 aliphatic carbocycles. The monoisotopic (exact) mass is 353 g/mol. The summed E-state index contributed by atoms with van der Waals surface area (Å²) in [5, 5.41) is 3.46. The van der Waals surface area contributed by atoms with Gasteiger partial charge in [-0.2, -0.15) is 0 Å². The van der Waals surface area contributed by atoms with Gasteiger partial charge in [-0.3, -0.25) is 4.79 Å². The van der Waals surface area contributed by atoms with E-state index in [1.54, 1.807) is 6.92 Å². The number of hydrogen-bond acceptors (Lipinski definition) is 4. The number of hydrogen-bond donors (Lipinski definition) is 1. The maximum atomic E-state index is 11.9. The van der Waals surface area contributed by atoms with Crippen LogP contribution in [0.1, 0.15) is 50.7 Å². The van der Waals surface area contributed by atoms with Crippen molar-refractivity contribution >= 4 is 23.5 Å². The van der Waals surface area contributed by atoms with Crippen molar-refractivity contribution in [3.63, 3.8) is 0 Å². The largest absolute Gasteiger partial charge is 0.482 e. The summed E-state index contributed by atoms with van der Waals surface area (Å²) in [7, 11) is 0. The van der Waals surface area contributed by atoms with E-state index in [2.05, 4.69) is 5.32 Å². The van der Waals surface area contributed by atoms with Gasteiger partial charge in [0.1, 0.15) is 5.75 Å². The van der Waals surface area contributed by atoms with E-state index in [4.69, 9.17) is 21.1 Å². The number of esters is 1. The van der Waals surface area contributed by atoms with Crippen LogP contribution in [0.15, 0.2) is 12.1 Å². The summed E-state index contributed by atoms with van der Waals surface area (Å²) in [6, 6.07) is 3.91. The van der Waals surface area contributed by atoms with Crippen molar-refractivity contribution in [2.75, 3.05) is 6.61 Å². The van der Waals surface area contributed by atoms with Crippen molar-refractivity contribution in [2.45, 2.75) is 58.6 Å². The van der Waals surface area contributed by atoms with E-state index in [1.165, 1.54) is 0 Å². The molecule has 2 rings (SSSR count). The van der Waals surface area contributed by atoms with Gasteiger partial charge in [-0.05, 0) is 55.9 Å². The number of halogens is 1. The predicted octanol–water partition coefficient (Wildman–Crippen LogP) is 3.36. The van der Waals surface area contributed by atoms with Crippen molar-refractivity contribution < 1.29 is 19.1 Å². The summed E-state index contributed by atoms with van der Waals surface area (Å²) in [5.74, 6) is -0.0249. The van der Waals surface area contributed by atoms with E-state index >= 15 is 0 Å². The highest BCUT2D eigenvalue weighted by molar-refractivity contribution is 6.31. The third-order valence-electron chi connectivity index (χ3n) is 3.86. The Kier molecular flexibility index (Phi) is 6.10. The predicted molar refractivity (Wildman–Crippen MR) is 92.5 cm³/mol. The van der Waals surface area contributed by atoms with Gasteiger partial charge in [-0.1, -0.05) is 25.4 Å². The lowest BCUT2D eigenvalue weighted by Crippen LogP contribution is -2.37. The first kappa shape index (κ1) is 18.6. The van der Waals surface area contributed by atoms with Crippen molar-refractivity contribution in [2.24, 2.45) is 0 Å². The molecule has 5 nitrogen and oxygen atoms in total. The molecule has 1 amide bonds. The van der Waals surface area contributed by atoms with Crippen LogP contribution in [-0.2, 0) is 14.3 Å². The van der Waals surface area contributed by atoms with Crippen LogP contribution in [0.4, 0.5) is 0 Å². The lowest BCUT2D eigenvalue weighted by molar-refractivity contribution is -0.156. The molecule has 132 valence electrons. The minimum absolute atomic E-state index is 0.206. The van der Waals surface area contributed by atoms with E-state index in [-0.39, 0.29) is 24.5 Å². The molecule has 6 heteroatoms. The first-order valence-corrected chi connectivity index (χ1v) is 8.58. The van der Waals surface area contributed by atoms with Gasteiger partial charge in [-0.15, -0.1) is 0 Å². The Hall–Kier alpha value is -1.75. The zero-order valence-electron chi connectivity index (χ0n) is 14.5. The fourth-order valence-corrected chi connectivity index (χ4v) is 2.39. The average Bonchev–Trinajstić information content (AvgIpc) is 3.31. The summed E-state index contributed by atoms with van der Waals surface area (Å²) < 4.78 is 10.7. The average molecular weight is 354 g/mol. The Bertz CT molecular complexity index is 626. The fraction of sp³-hybridized carbons (Fsp3) is 0.556. The number of benzene rings is 1. The number of carbonyl (C=O) groups excluding carboxylic acids is 2. The van der Waals surface area contributed by atoms with Crippen LogP contribution in [0.2, 0.25) is 5.02 Å². The fourth-order valence-electron chi connectivity index (χ4n) is 2.21. The number of aryl methyl sites for hydroxylation is 1. The molecule has 0 aromatic heterocycles. The van der Waals surface area contributed by atoms with Crippen LogP contribution >= 0.6 is 11.6 Å². The standard InChI is InChI=1S/C18H24ClNO4/c1-10(2)14-8-15(19)11(3)7-16(14)23-9-17(21)24-12(4)18(22)20-13-5-6-13/h7-8,10,12-13H,5-6,9H2,1-4H3,(H,20,22)/t12-/m1/s1. The molecule has 1 saturated carbocycles. The summed E-state index contributed by atoms with van der Waals surface area (Å²) in [5.41, 5.74) is 1.81. The maximum Gasteiger partial charge on any atom is 0.344 e. The molecule has 24 heavy (non-hydrogen) atoms. The zero-order valence-corrected chi connectivity index (χ0v) is 15.3. The second-order valence-electron chi connectivity index (χ2n) is 6.50. The van der Waals surface area contributed by atoms with E-state index in [9.17, 15) is 9.59 Å². The molecule has 1 N–H and O–H groups in total. The molecule has 0 bridgehead atoms. The van der Waals surface area contributed by atoms with Gasteiger partial charge in [0.2, 0.25) is 0 Å². The van der Waals surface area contributed by atoms with Crippen LogP contribution in [0.5, 0.6) is 5.75 Å². The molecule has 0 spiro atoms. The molecular weight excluding hydrogens is 330 g/mol. The highest BCUT2D eigenvalue weighted by Crippen LogP contribution is 2.32. The first-order valence-electron chi connectivity index (χ1n) is 8.20. The number of amides is 1. The van der Waals surface area contributed by atoms with Gasteiger partial charge in [0.25, 0.3) is 5.91 Å². The van der Waals surface area contributed by atoms with E-state index in [1.807, 2.05) is 32.9 Å².